The van der Waals surface area contributed by atoms with Gasteiger partial charge in [0.25, 0.3) is 0 Å². The highest BCUT2D eigenvalue weighted by atomic mass is 32.1. The van der Waals surface area contributed by atoms with E-state index in [2.05, 4.69) is 17.9 Å². The smallest absolute Gasteiger partial charge is 0.243 e. The van der Waals surface area contributed by atoms with Crippen LogP contribution >= 0.6 is 24.8 Å². The Balaban J connectivity index is 3.04. The Labute approximate surface area is 241 Å². The van der Waals surface area contributed by atoms with Crippen molar-refractivity contribution in [3.05, 3.63) is 0 Å². The number of thiocarbonyl (C=S) groups is 1. The molecule has 0 unspecified atom stereocenters. The molecule has 0 rings (SSSR count). The molecule has 3 N–H and O–H groups in total. The molecule has 0 bridgehead atoms. The lowest BCUT2D eigenvalue weighted by atomic mass is 10.0. The molecule has 220 valence electrons. The van der Waals surface area contributed by atoms with E-state index in [9.17, 15) is 4.79 Å². The molecule has 0 aliphatic rings. The van der Waals surface area contributed by atoms with Crippen LogP contribution in [0.25, 0.3) is 0 Å². The zero-order chi connectivity index (χ0) is 27.1. The molecule has 0 saturated carbocycles. The van der Waals surface area contributed by atoms with Gasteiger partial charge < -0.3 is 5.32 Å². The van der Waals surface area contributed by atoms with Crippen LogP contribution in [0.2, 0.25) is 0 Å². The summed E-state index contributed by atoms with van der Waals surface area (Å²) in [4.78, 5) is 10.9. The Morgan fingerprint density at radius 2 is 0.730 bits per heavy atom. The lowest BCUT2D eigenvalue weighted by Crippen LogP contribution is -2.17. The predicted octanol–water partition coefficient (Wildman–Crippen LogP) is 10.2. The summed E-state index contributed by atoms with van der Waals surface area (Å²) in [5, 5.41) is 11.5. The topological polar surface area (TPSA) is 61.4 Å². The Morgan fingerprint density at radius 3 is 0.973 bits per heavy atom. The van der Waals surface area contributed by atoms with Gasteiger partial charge in [0.1, 0.15) is 4.32 Å². The minimum atomic E-state index is -0.259. The monoisotopic (exact) mass is 558 g/mol. The van der Waals surface area contributed by atoms with E-state index in [4.69, 9.17) is 17.4 Å². The van der Waals surface area contributed by atoms with Crippen LogP contribution in [0.1, 0.15) is 180 Å². The van der Waals surface area contributed by atoms with Crippen molar-refractivity contribution < 1.29 is 10.0 Å². The van der Waals surface area contributed by atoms with Crippen molar-refractivity contribution in [2.75, 3.05) is 6.54 Å². The molecule has 0 saturated heterocycles. The average Bonchev–Trinajstić information content (AvgIpc) is 2.89. The standard InChI is InChI=1S/C31H62N2O2S2/c34-30(33-35)28-26-24-22-20-18-16-14-12-10-8-6-4-2-1-3-5-7-9-11-13-15-17-19-21-23-25-27-29-32-31(36)37/h35H,1-29H2,(H,33,34)(H2,32,36,37). The molecule has 0 aromatic heterocycles. The van der Waals surface area contributed by atoms with E-state index in [-0.39, 0.29) is 5.91 Å². The van der Waals surface area contributed by atoms with Crippen LogP contribution in [-0.4, -0.2) is 22.0 Å². The van der Waals surface area contributed by atoms with Crippen molar-refractivity contribution in [1.29, 1.82) is 0 Å². The number of amides is 1. The maximum atomic E-state index is 10.9. The van der Waals surface area contributed by atoms with Gasteiger partial charge >= 0.3 is 0 Å². The molecule has 1 amide bonds. The van der Waals surface area contributed by atoms with Gasteiger partial charge in [-0.1, -0.05) is 173 Å². The lowest BCUT2D eigenvalue weighted by Gasteiger charge is -2.05. The fraction of sp³-hybridized carbons (Fsp3) is 0.935. The number of carbonyl (C=O) groups is 1. The molecular weight excluding hydrogens is 496 g/mol. The first kappa shape index (κ1) is 36.7. The Morgan fingerprint density at radius 1 is 0.486 bits per heavy atom. The maximum absolute atomic E-state index is 10.9. The zero-order valence-electron chi connectivity index (χ0n) is 24.2. The first-order chi connectivity index (χ1) is 18.2. The molecule has 0 aliphatic carbocycles. The molecular formula is C31H62N2O2S2. The predicted molar refractivity (Wildman–Crippen MR) is 169 cm³/mol. The number of hydrogen-bond donors (Lipinski definition) is 4. The molecule has 0 aliphatic heterocycles. The number of rotatable bonds is 30. The molecule has 0 radical (unpaired) electrons. The summed E-state index contributed by atoms with van der Waals surface area (Å²) >= 11 is 8.97. The van der Waals surface area contributed by atoms with Crippen LogP contribution < -0.4 is 10.8 Å². The van der Waals surface area contributed by atoms with Gasteiger partial charge in [0, 0.05) is 13.0 Å². The van der Waals surface area contributed by atoms with Gasteiger partial charge in [0.15, 0.2) is 0 Å². The Bertz CT molecular complexity index is 492. The van der Waals surface area contributed by atoms with Gasteiger partial charge in [-0.3, -0.25) is 10.0 Å². The van der Waals surface area contributed by atoms with Gasteiger partial charge in [-0.15, -0.1) is 12.6 Å². The van der Waals surface area contributed by atoms with Crippen molar-refractivity contribution in [2.24, 2.45) is 0 Å². The molecule has 0 fully saturated rings. The summed E-state index contributed by atoms with van der Waals surface area (Å²) in [5.41, 5.74) is 1.70. The molecule has 0 spiro atoms. The van der Waals surface area contributed by atoms with Gasteiger partial charge in [-0.05, 0) is 12.8 Å². The van der Waals surface area contributed by atoms with E-state index in [1.165, 1.54) is 161 Å². The summed E-state index contributed by atoms with van der Waals surface area (Å²) < 4.78 is 0.621. The number of nitrogens with one attached hydrogen (secondary N) is 2. The first-order valence-electron chi connectivity index (χ1n) is 16.1. The van der Waals surface area contributed by atoms with E-state index in [1.807, 2.05) is 0 Å². The molecule has 37 heavy (non-hydrogen) atoms. The zero-order valence-corrected chi connectivity index (χ0v) is 25.9. The van der Waals surface area contributed by atoms with E-state index in [0.717, 1.165) is 19.4 Å². The average molecular weight is 559 g/mol. The summed E-state index contributed by atoms with van der Waals surface area (Å²) in [7, 11) is 0. The second-order valence-electron chi connectivity index (χ2n) is 11.1. The van der Waals surface area contributed by atoms with Gasteiger partial charge in [0.05, 0.1) is 0 Å². The summed E-state index contributed by atoms with van der Waals surface area (Å²) in [6, 6.07) is 0. The summed E-state index contributed by atoms with van der Waals surface area (Å²) in [6.45, 7) is 0.977. The van der Waals surface area contributed by atoms with Gasteiger partial charge in [-0.2, -0.15) is 0 Å². The van der Waals surface area contributed by atoms with Crippen LogP contribution in [0.3, 0.4) is 0 Å². The number of hydrogen-bond acceptors (Lipinski definition) is 3. The van der Waals surface area contributed by atoms with Crippen LogP contribution in [0.4, 0.5) is 0 Å². The molecule has 4 nitrogen and oxygen atoms in total. The SMILES string of the molecule is O=C(CCCCCCCCCCCCCCCCCCCCCCCCCCCCCNC(=S)S)NO. The minimum absolute atomic E-state index is 0.259. The van der Waals surface area contributed by atoms with Gasteiger partial charge in [-0.25, -0.2) is 5.48 Å². The third-order valence-corrected chi connectivity index (χ3v) is 7.78. The van der Waals surface area contributed by atoms with Crippen molar-refractivity contribution in [2.45, 2.75) is 180 Å². The third kappa shape index (κ3) is 33.6. The molecule has 0 heterocycles. The second kappa shape index (κ2) is 31.9. The lowest BCUT2D eigenvalue weighted by molar-refractivity contribution is -0.129. The molecule has 0 atom stereocenters. The minimum Gasteiger partial charge on any atom is -0.371 e. The highest BCUT2D eigenvalue weighted by molar-refractivity contribution is 8.11. The largest absolute Gasteiger partial charge is 0.371 e. The number of carbonyl (C=O) groups excluding carboxylic acids is 1. The van der Waals surface area contributed by atoms with E-state index in [0.29, 0.717) is 10.7 Å². The maximum Gasteiger partial charge on any atom is 0.243 e. The fourth-order valence-electron chi connectivity index (χ4n) is 5.08. The van der Waals surface area contributed by atoms with Gasteiger partial charge in [0.2, 0.25) is 5.91 Å². The number of hydroxylamine groups is 1. The highest BCUT2D eigenvalue weighted by Gasteiger charge is 1.99. The van der Waals surface area contributed by atoms with E-state index in [1.54, 1.807) is 5.48 Å². The summed E-state index contributed by atoms with van der Waals surface area (Å²) in [6.07, 6.45) is 37.3. The quantitative estimate of drug-likeness (QED) is 0.0233. The molecule has 0 aromatic rings. The van der Waals surface area contributed by atoms with Crippen LogP contribution in [0.5, 0.6) is 0 Å². The highest BCUT2D eigenvalue weighted by Crippen LogP contribution is 2.16. The van der Waals surface area contributed by atoms with Crippen molar-refractivity contribution >= 4 is 35.1 Å². The molecule has 0 aromatic carbocycles. The normalized spacial score (nSPS) is 11.1. The second-order valence-corrected chi connectivity index (χ2v) is 12.2. The number of unbranched alkanes of at least 4 members (excludes halogenated alkanes) is 26. The van der Waals surface area contributed by atoms with E-state index >= 15 is 0 Å². The third-order valence-electron chi connectivity index (χ3n) is 7.48. The Hall–Kier alpha value is -0.330. The number of thiol groups is 1. The van der Waals surface area contributed by atoms with Crippen molar-refractivity contribution in [3.63, 3.8) is 0 Å². The van der Waals surface area contributed by atoms with Crippen molar-refractivity contribution in [3.8, 4) is 0 Å². The summed E-state index contributed by atoms with van der Waals surface area (Å²) in [5.74, 6) is -0.259. The van der Waals surface area contributed by atoms with Crippen LogP contribution in [0, 0.1) is 0 Å². The first-order valence-corrected chi connectivity index (χ1v) is 16.9. The van der Waals surface area contributed by atoms with Crippen LogP contribution in [0.15, 0.2) is 0 Å². The molecule has 6 heteroatoms. The van der Waals surface area contributed by atoms with Crippen LogP contribution in [-0.2, 0) is 4.79 Å². The Kier molecular flexibility index (Phi) is 31.6. The van der Waals surface area contributed by atoms with E-state index < -0.39 is 0 Å². The van der Waals surface area contributed by atoms with Crippen molar-refractivity contribution in [1.82, 2.24) is 10.8 Å². The fourth-order valence-corrected chi connectivity index (χ4v) is 5.30.